The van der Waals surface area contributed by atoms with Crippen LogP contribution in [-0.2, 0) is 0 Å². The Kier molecular flexibility index (Phi) is 4.82. The average Bonchev–Trinajstić information content (AvgIpc) is 3.27. The van der Waals surface area contributed by atoms with Crippen molar-refractivity contribution in [3.05, 3.63) is 50.8 Å². The number of hydrogen-bond donors (Lipinski definition) is 1. The van der Waals surface area contributed by atoms with Crippen LogP contribution in [0.5, 0.6) is 17.2 Å². The largest absolute Gasteiger partial charge is 0.495 e. The number of methoxy groups -OCH3 is 1. The monoisotopic (exact) mass is 422 g/mol. The maximum atomic E-state index is 12.5. The van der Waals surface area contributed by atoms with Gasteiger partial charge in [0.15, 0.2) is 11.5 Å². The highest BCUT2D eigenvalue weighted by atomic mass is 35.5. The van der Waals surface area contributed by atoms with Crippen molar-refractivity contribution in [3.63, 3.8) is 0 Å². The van der Waals surface area contributed by atoms with Gasteiger partial charge >= 0.3 is 0 Å². The molecule has 1 amide bonds. The van der Waals surface area contributed by atoms with Gasteiger partial charge in [0.2, 0.25) is 6.79 Å². The van der Waals surface area contributed by atoms with Gasteiger partial charge in [-0.05, 0) is 35.9 Å². The van der Waals surface area contributed by atoms with Crippen molar-refractivity contribution in [1.82, 2.24) is 5.43 Å². The first-order chi connectivity index (χ1) is 13.1. The van der Waals surface area contributed by atoms with Crippen molar-refractivity contribution >= 4 is 56.7 Å². The van der Waals surface area contributed by atoms with E-state index in [1.165, 1.54) is 24.7 Å². The van der Waals surface area contributed by atoms with Gasteiger partial charge in [-0.1, -0.05) is 23.2 Å². The Balaban J connectivity index is 1.54. The first kappa shape index (κ1) is 17.9. The third-order valence-corrected chi connectivity index (χ3v) is 6.12. The molecule has 27 heavy (non-hydrogen) atoms. The summed E-state index contributed by atoms with van der Waals surface area (Å²) in [6.45, 7) is 0.199. The van der Waals surface area contributed by atoms with Crippen LogP contribution in [0.25, 0.3) is 10.1 Å². The summed E-state index contributed by atoms with van der Waals surface area (Å²) in [6, 6.07) is 8.84. The number of halogens is 2. The lowest BCUT2D eigenvalue weighted by molar-refractivity contribution is 0.0959. The zero-order chi connectivity index (χ0) is 19.0. The van der Waals surface area contributed by atoms with Crippen LogP contribution in [0.1, 0.15) is 15.2 Å². The molecule has 0 radical (unpaired) electrons. The zero-order valence-corrected chi connectivity index (χ0v) is 16.2. The molecule has 0 atom stereocenters. The second kappa shape index (κ2) is 7.26. The second-order valence-corrected chi connectivity index (χ2v) is 7.29. The number of amides is 1. The lowest BCUT2D eigenvalue weighted by atomic mass is 10.2. The number of ether oxygens (including phenoxy) is 3. The lowest BCUT2D eigenvalue weighted by Gasteiger charge is -2.02. The van der Waals surface area contributed by atoms with Crippen LogP contribution in [0, 0.1) is 0 Å². The van der Waals surface area contributed by atoms with Crippen LogP contribution in [0.15, 0.2) is 35.4 Å². The van der Waals surface area contributed by atoms with Crippen molar-refractivity contribution in [2.24, 2.45) is 5.10 Å². The first-order valence-electron chi connectivity index (χ1n) is 7.76. The molecule has 1 aliphatic rings. The standard InChI is InChI=1S/C18H12Cl2N2O4S/c1-24-12-5-3-10-14(19)17(27-16(10)15(12)20)18(23)22-21-7-9-2-4-11-13(6-9)26-8-25-11/h2-7H,8H2,1H3,(H,22,23)/b21-7+. The van der Waals surface area contributed by atoms with Crippen LogP contribution in [0.4, 0.5) is 0 Å². The van der Waals surface area contributed by atoms with Crippen molar-refractivity contribution < 1.29 is 19.0 Å². The van der Waals surface area contributed by atoms with Crippen molar-refractivity contribution in [1.29, 1.82) is 0 Å². The SMILES string of the molecule is COc1ccc2c(Cl)c(C(=O)N/N=C/c3ccc4c(c3)OCO4)sc2c1Cl. The maximum Gasteiger partial charge on any atom is 0.283 e. The molecule has 6 nitrogen and oxygen atoms in total. The van der Waals surface area contributed by atoms with Gasteiger partial charge < -0.3 is 14.2 Å². The minimum atomic E-state index is -0.423. The summed E-state index contributed by atoms with van der Waals surface area (Å²) in [4.78, 5) is 12.8. The molecule has 0 bridgehead atoms. The third kappa shape index (κ3) is 3.29. The Hall–Kier alpha value is -2.48. The molecule has 2 heterocycles. The highest BCUT2D eigenvalue weighted by Gasteiger charge is 2.20. The molecule has 3 aromatic rings. The molecule has 0 aliphatic carbocycles. The molecule has 1 aliphatic heterocycles. The van der Waals surface area contributed by atoms with E-state index in [1.54, 1.807) is 24.3 Å². The fraction of sp³-hybridized carbons (Fsp3) is 0.111. The molecule has 0 spiro atoms. The van der Waals surface area contributed by atoms with E-state index in [0.717, 1.165) is 5.56 Å². The van der Waals surface area contributed by atoms with Gasteiger partial charge in [0.25, 0.3) is 5.91 Å². The summed E-state index contributed by atoms with van der Waals surface area (Å²) >= 11 is 13.8. The quantitative estimate of drug-likeness (QED) is 0.488. The highest BCUT2D eigenvalue weighted by Crippen LogP contribution is 2.42. The Morgan fingerprint density at radius 3 is 2.85 bits per heavy atom. The van der Waals surface area contributed by atoms with Crippen molar-refractivity contribution in [2.45, 2.75) is 0 Å². The topological polar surface area (TPSA) is 69.2 Å². The van der Waals surface area contributed by atoms with E-state index in [2.05, 4.69) is 10.5 Å². The molecule has 1 N–H and O–H groups in total. The summed E-state index contributed by atoms with van der Waals surface area (Å²) in [5.41, 5.74) is 3.23. The number of fused-ring (bicyclic) bond motifs is 2. The van der Waals surface area contributed by atoms with E-state index in [4.69, 9.17) is 37.4 Å². The summed E-state index contributed by atoms with van der Waals surface area (Å²) in [6.07, 6.45) is 1.51. The predicted molar refractivity (Wildman–Crippen MR) is 106 cm³/mol. The first-order valence-corrected chi connectivity index (χ1v) is 9.33. The average molecular weight is 423 g/mol. The van der Waals surface area contributed by atoms with E-state index in [1.807, 2.05) is 6.07 Å². The summed E-state index contributed by atoms with van der Waals surface area (Å²) in [7, 11) is 1.53. The summed E-state index contributed by atoms with van der Waals surface area (Å²) in [5.74, 6) is 1.42. The normalized spacial score (nSPS) is 12.7. The van der Waals surface area contributed by atoms with Crippen LogP contribution < -0.4 is 19.6 Å². The van der Waals surface area contributed by atoms with Gasteiger partial charge in [-0.15, -0.1) is 11.3 Å². The van der Waals surface area contributed by atoms with Gasteiger partial charge in [0, 0.05) is 5.39 Å². The Morgan fingerprint density at radius 2 is 2.04 bits per heavy atom. The smallest absolute Gasteiger partial charge is 0.283 e. The minimum Gasteiger partial charge on any atom is -0.495 e. The molecular formula is C18H12Cl2N2O4S. The summed E-state index contributed by atoms with van der Waals surface area (Å²) in [5, 5.41) is 5.42. The number of hydrogen-bond acceptors (Lipinski definition) is 6. The fourth-order valence-corrected chi connectivity index (χ4v) is 4.38. The van der Waals surface area contributed by atoms with Crippen molar-refractivity contribution in [2.75, 3.05) is 13.9 Å². The Labute approximate surface area is 168 Å². The molecule has 2 aromatic carbocycles. The molecule has 138 valence electrons. The molecule has 4 rings (SSSR count). The van der Waals surface area contributed by atoms with Gasteiger partial charge in [-0.3, -0.25) is 4.79 Å². The van der Waals surface area contributed by atoms with E-state index >= 15 is 0 Å². The van der Waals surface area contributed by atoms with Crippen LogP contribution in [0.2, 0.25) is 10.0 Å². The van der Waals surface area contributed by atoms with Gasteiger partial charge in [-0.25, -0.2) is 5.43 Å². The number of hydrazone groups is 1. The molecule has 0 saturated carbocycles. The molecule has 0 unspecified atom stereocenters. The Morgan fingerprint density at radius 1 is 1.22 bits per heavy atom. The fourth-order valence-electron chi connectivity index (χ4n) is 2.59. The third-order valence-electron chi connectivity index (χ3n) is 3.90. The van der Waals surface area contributed by atoms with E-state index in [9.17, 15) is 4.79 Å². The Bertz CT molecular complexity index is 1080. The van der Waals surface area contributed by atoms with E-state index in [-0.39, 0.29) is 6.79 Å². The molecular weight excluding hydrogens is 411 g/mol. The molecule has 0 saturated heterocycles. The van der Waals surface area contributed by atoms with E-state index < -0.39 is 5.91 Å². The van der Waals surface area contributed by atoms with Crippen LogP contribution >= 0.6 is 34.5 Å². The number of thiophene rings is 1. The zero-order valence-electron chi connectivity index (χ0n) is 13.9. The molecule has 1 aromatic heterocycles. The van der Waals surface area contributed by atoms with Crippen molar-refractivity contribution in [3.8, 4) is 17.2 Å². The molecule has 9 heteroatoms. The highest BCUT2D eigenvalue weighted by molar-refractivity contribution is 7.22. The number of nitrogens with one attached hydrogen (secondary N) is 1. The predicted octanol–water partition coefficient (Wildman–Crippen LogP) is 4.71. The van der Waals surface area contributed by atoms with E-state index in [0.29, 0.717) is 42.3 Å². The van der Waals surface area contributed by atoms with Gasteiger partial charge in [0.05, 0.1) is 23.0 Å². The van der Waals surface area contributed by atoms with Gasteiger partial charge in [0.1, 0.15) is 15.6 Å². The minimum absolute atomic E-state index is 0.199. The van der Waals surface area contributed by atoms with Crippen LogP contribution in [-0.4, -0.2) is 26.0 Å². The van der Waals surface area contributed by atoms with Gasteiger partial charge in [-0.2, -0.15) is 5.10 Å². The number of carbonyl (C=O) groups excluding carboxylic acids is 1. The molecule has 0 fully saturated rings. The lowest BCUT2D eigenvalue weighted by Crippen LogP contribution is -2.16. The number of benzene rings is 2. The summed E-state index contributed by atoms with van der Waals surface area (Å²) < 4.78 is 16.4. The maximum absolute atomic E-state index is 12.5. The second-order valence-electron chi connectivity index (χ2n) is 5.52. The number of nitrogens with zero attached hydrogens (tertiary/aromatic N) is 1. The number of rotatable bonds is 4. The number of carbonyl (C=O) groups is 1. The van der Waals surface area contributed by atoms with Crippen LogP contribution in [0.3, 0.4) is 0 Å².